The van der Waals surface area contributed by atoms with Gasteiger partial charge in [-0.1, -0.05) is 29.8 Å². The summed E-state index contributed by atoms with van der Waals surface area (Å²) in [5.74, 6) is 0.673. The standard InChI is InChI=1S/C24H22ClN2O2S/c25-21-16-20(7-8-23(21)29-17-19-5-1-2-10-26-19)27(11-13-28-14-12-27)22-6-3-4-18-9-15-30-24(18)22/h1-10,15-16H,11-14,17H2/q+1. The lowest BCUT2D eigenvalue weighted by molar-refractivity contribution is 0.0646. The number of morpholine rings is 1. The van der Waals surface area contributed by atoms with Gasteiger partial charge in [0.05, 0.1) is 28.6 Å². The first-order valence-electron chi connectivity index (χ1n) is 10.0. The number of rotatable bonds is 5. The second-order valence-electron chi connectivity index (χ2n) is 7.37. The molecule has 1 saturated heterocycles. The Morgan fingerprint density at radius 3 is 2.73 bits per heavy atom. The number of benzene rings is 2. The van der Waals surface area contributed by atoms with E-state index in [1.54, 1.807) is 17.5 Å². The van der Waals surface area contributed by atoms with Crippen molar-refractivity contribution >= 4 is 44.4 Å². The summed E-state index contributed by atoms with van der Waals surface area (Å²) >= 11 is 8.47. The normalized spacial score (nSPS) is 15.9. The Morgan fingerprint density at radius 1 is 1.03 bits per heavy atom. The molecule has 0 atom stereocenters. The van der Waals surface area contributed by atoms with Crippen molar-refractivity contribution in [2.24, 2.45) is 0 Å². The lowest BCUT2D eigenvalue weighted by Crippen LogP contribution is -2.52. The number of ether oxygens (including phenoxy) is 2. The lowest BCUT2D eigenvalue weighted by atomic mass is 10.1. The van der Waals surface area contributed by atoms with E-state index in [1.807, 2.05) is 30.3 Å². The fourth-order valence-corrected chi connectivity index (χ4v) is 5.33. The maximum Gasteiger partial charge on any atom is 0.156 e. The molecule has 1 aliphatic rings. The molecule has 4 aromatic rings. The zero-order valence-corrected chi connectivity index (χ0v) is 18.0. The van der Waals surface area contributed by atoms with E-state index in [1.165, 1.54) is 15.8 Å². The molecular formula is C24H22ClN2O2S+. The third-order valence-corrected chi connectivity index (χ3v) is 6.91. The summed E-state index contributed by atoms with van der Waals surface area (Å²) in [4.78, 5) is 4.31. The minimum atomic E-state index is 0.391. The topological polar surface area (TPSA) is 31.4 Å². The van der Waals surface area contributed by atoms with Crippen LogP contribution in [0.5, 0.6) is 5.75 Å². The summed E-state index contributed by atoms with van der Waals surface area (Å²) in [5, 5.41) is 4.06. The summed E-state index contributed by atoms with van der Waals surface area (Å²) in [7, 11) is 0. The van der Waals surface area contributed by atoms with E-state index in [9.17, 15) is 0 Å². The molecule has 6 heteroatoms. The average molecular weight is 438 g/mol. The number of halogens is 1. The molecule has 1 aliphatic heterocycles. The van der Waals surface area contributed by atoms with Crippen molar-refractivity contribution in [2.75, 3.05) is 26.3 Å². The lowest BCUT2D eigenvalue weighted by Gasteiger charge is -2.40. The third-order valence-electron chi connectivity index (χ3n) is 5.67. The van der Waals surface area contributed by atoms with E-state index in [2.05, 4.69) is 40.7 Å². The number of quaternary nitrogens is 1. The molecule has 0 bridgehead atoms. The largest absolute Gasteiger partial charge is 0.486 e. The first-order valence-corrected chi connectivity index (χ1v) is 11.3. The van der Waals surface area contributed by atoms with Gasteiger partial charge in [-0.25, -0.2) is 0 Å². The number of hydrogen-bond donors (Lipinski definition) is 0. The van der Waals surface area contributed by atoms with E-state index in [-0.39, 0.29) is 0 Å². The van der Waals surface area contributed by atoms with Gasteiger partial charge in [-0.05, 0) is 35.0 Å². The van der Waals surface area contributed by atoms with Crippen LogP contribution in [-0.4, -0.2) is 31.3 Å². The van der Waals surface area contributed by atoms with E-state index in [0.29, 0.717) is 17.4 Å². The zero-order valence-electron chi connectivity index (χ0n) is 16.5. The smallest absolute Gasteiger partial charge is 0.156 e. The minimum absolute atomic E-state index is 0.391. The Bertz CT molecular complexity index is 1160. The molecule has 30 heavy (non-hydrogen) atoms. The number of nitrogens with zero attached hydrogens (tertiary/aromatic N) is 2. The Morgan fingerprint density at radius 2 is 1.93 bits per heavy atom. The predicted octanol–water partition coefficient (Wildman–Crippen LogP) is 6.20. The van der Waals surface area contributed by atoms with Crippen LogP contribution in [0.15, 0.2) is 72.2 Å². The first kappa shape index (κ1) is 19.5. The van der Waals surface area contributed by atoms with Gasteiger partial charge in [0.15, 0.2) is 5.69 Å². The number of thiophene rings is 1. The van der Waals surface area contributed by atoms with E-state index >= 15 is 0 Å². The number of pyridine rings is 1. The van der Waals surface area contributed by atoms with Crippen LogP contribution in [0.4, 0.5) is 11.4 Å². The Hall–Kier alpha value is -2.44. The predicted molar refractivity (Wildman–Crippen MR) is 124 cm³/mol. The quantitative estimate of drug-likeness (QED) is 0.348. The van der Waals surface area contributed by atoms with Crippen LogP contribution in [0.1, 0.15) is 5.69 Å². The van der Waals surface area contributed by atoms with Crippen molar-refractivity contribution in [1.82, 2.24) is 9.47 Å². The van der Waals surface area contributed by atoms with Gasteiger partial charge >= 0.3 is 0 Å². The third kappa shape index (κ3) is 3.59. The molecule has 2 aromatic heterocycles. The molecule has 2 aromatic carbocycles. The molecule has 0 amide bonds. The average Bonchev–Trinajstić information content (AvgIpc) is 3.28. The SMILES string of the molecule is Clc1cc([N+]2(c3cccc4ccsc34)CCOCC2)ccc1OCc1ccccn1. The van der Waals surface area contributed by atoms with Crippen LogP contribution in [0.2, 0.25) is 5.02 Å². The van der Waals surface area contributed by atoms with Gasteiger partial charge in [0.1, 0.15) is 31.1 Å². The molecule has 0 unspecified atom stereocenters. The summed E-state index contributed by atoms with van der Waals surface area (Å²) in [5.41, 5.74) is 3.34. The first-order chi connectivity index (χ1) is 14.8. The van der Waals surface area contributed by atoms with Gasteiger partial charge in [-0.3, -0.25) is 9.47 Å². The van der Waals surface area contributed by atoms with Crippen molar-refractivity contribution in [3.05, 3.63) is 83.0 Å². The maximum absolute atomic E-state index is 6.68. The van der Waals surface area contributed by atoms with Crippen molar-refractivity contribution in [3.63, 3.8) is 0 Å². The van der Waals surface area contributed by atoms with Crippen LogP contribution in [0.3, 0.4) is 0 Å². The molecule has 0 aliphatic carbocycles. The highest BCUT2D eigenvalue weighted by molar-refractivity contribution is 7.17. The van der Waals surface area contributed by atoms with Gasteiger partial charge in [-0.15, -0.1) is 11.3 Å². The van der Waals surface area contributed by atoms with Crippen LogP contribution in [0, 0.1) is 0 Å². The Balaban J connectivity index is 1.51. The number of aromatic nitrogens is 1. The van der Waals surface area contributed by atoms with Gasteiger partial charge < -0.3 is 9.47 Å². The van der Waals surface area contributed by atoms with Gasteiger partial charge in [0, 0.05) is 24.4 Å². The molecule has 0 spiro atoms. The second-order valence-corrected chi connectivity index (χ2v) is 8.69. The van der Waals surface area contributed by atoms with Gasteiger partial charge in [-0.2, -0.15) is 0 Å². The molecule has 0 radical (unpaired) electrons. The Labute approximate surface area is 184 Å². The molecule has 4 nitrogen and oxygen atoms in total. The summed E-state index contributed by atoms with van der Waals surface area (Å²) in [6.07, 6.45) is 1.76. The highest BCUT2D eigenvalue weighted by Crippen LogP contribution is 2.44. The molecule has 0 N–H and O–H groups in total. The molecule has 0 saturated carbocycles. The van der Waals surface area contributed by atoms with Crippen molar-refractivity contribution in [1.29, 1.82) is 0 Å². The van der Waals surface area contributed by atoms with Crippen molar-refractivity contribution in [2.45, 2.75) is 6.61 Å². The van der Waals surface area contributed by atoms with Crippen molar-refractivity contribution in [3.8, 4) is 5.75 Å². The molecule has 1 fully saturated rings. The van der Waals surface area contributed by atoms with E-state index in [4.69, 9.17) is 21.1 Å². The van der Waals surface area contributed by atoms with E-state index < -0.39 is 0 Å². The highest BCUT2D eigenvalue weighted by atomic mass is 35.5. The maximum atomic E-state index is 6.68. The minimum Gasteiger partial charge on any atom is -0.486 e. The van der Waals surface area contributed by atoms with Gasteiger partial charge in [0.25, 0.3) is 0 Å². The molecule has 152 valence electrons. The van der Waals surface area contributed by atoms with Gasteiger partial charge in [0.2, 0.25) is 0 Å². The molecule has 3 heterocycles. The molecular weight excluding hydrogens is 416 g/mol. The summed E-state index contributed by atoms with van der Waals surface area (Å²) < 4.78 is 13.7. The highest BCUT2D eigenvalue weighted by Gasteiger charge is 2.38. The van der Waals surface area contributed by atoms with E-state index in [0.717, 1.165) is 42.2 Å². The second kappa shape index (κ2) is 8.36. The summed E-state index contributed by atoms with van der Waals surface area (Å²) in [6.45, 7) is 3.58. The van der Waals surface area contributed by atoms with Crippen molar-refractivity contribution < 1.29 is 9.47 Å². The molecule has 5 rings (SSSR count). The monoisotopic (exact) mass is 437 g/mol. The Kier molecular flexibility index (Phi) is 5.44. The number of hydrogen-bond acceptors (Lipinski definition) is 4. The van der Waals surface area contributed by atoms with Crippen LogP contribution >= 0.6 is 22.9 Å². The fourth-order valence-electron chi connectivity index (χ4n) is 4.12. The fraction of sp³-hybridized carbons (Fsp3) is 0.208. The summed E-state index contributed by atoms with van der Waals surface area (Å²) in [6, 6.07) is 20.7. The van der Waals surface area contributed by atoms with Crippen LogP contribution < -0.4 is 9.22 Å². The zero-order chi connectivity index (χ0) is 20.4. The van der Waals surface area contributed by atoms with Crippen LogP contribution in [0.25, 0.3) is 10.1 Å². The van der Waals surface area contributed by atoms with Crippen LogP contribution in [-0.2, 0) is 11.3 Å². The number of fused-ring (bicyclic) bond motifs is 1.